The Morgan fingerprint density at radius 1 is 1.82 bits per heavy atom. The fourth-order valence-corrected chi connectivity index (χ4v) is 1.01. The van der Waals surface area contributed by atoms with Crippen LogP contribution >= 0.6 is 0 Å². The van der Waals surface area contributed by atoms with Gasteiger partial charge in [-0.3, -0.25) is 4.79 Å². The molecule has 0 fully saturated rings. The van der Waals surface area contributed by atoms with E-state index in [0.29, 0.717) is 12.8 Å². The lowest BCUT2D eigenvalue weighted by molar-refractivity contribution is -0.104. The molecule has 0 saturated carbocycles. The van der Waals surface area contributed by atoms with Crippen molar-refractivity contribution in [2.75, 3.05) is 6.54 Å². The van der Waals surface area contributed by atoms with E-state index < -0.39 is 0 Å². The van der Waals surface area contributed by atoms with Crippen LogP contribution in [0.2, 0.25) is 0 Å². The summed E-state index contributed by atoms with van der Waals surface area (Å²) in [5.41, 5.74) is 5.47. The number of nitrogens with two attached hydrogens (primary N) is 1. The van der Waals surface area contributed by atoms with E-state index >= 15 is 0 Å². The van der Waals surface area contributed by atoms with E-state index in [1.165, 1.54) is 6.08 Å². The molecule has 0 radical (unpaired) electrons. The highest BCUT2D eigenvalue weighted by molar-refractivity contribution is 5.78. The number of hydrogen-bond acceptors (Lipinski definition) is 2. The Morgan fingerprint density at radius 3 is 3.00 bits per heavy atom. The zero-order chi connectivity index (χ0) is 8.27. The van der Waals surface area contributed by atoms with Gasteiger partial charge >= 0.3 is 0 Å². The molecule has 0 aromatic carbocycles. The number of allylic oxidation sites excluding steroid dienone is 3. The Labute approximate surface area is 64.6 Å². The molecule has 1 aliphatic rings. The van der Waals surface area contributed by atoms with Crippen LogP contribution in [0.25, 0.3) is 0 Å². The largest absolute Gasteiger partial charge is 0.330 e. The topological polar surface area (TPSA) is 43.1 Å². The van der Waals surface area contributed by atoms with Crippen LogP contribution in [0.4, 0.5) is 4.39 Å². The van der Waals surface area contributed by atoms with Gasteiger partial charge in [-0.05, 0) is 12.5 Å². The Bertz CT molecular complexity index is 220. The third-order valence-electron chi connectivity index (χ3n) is 1.73. The van der Waals surface area contributed by atoms with Gasteiger partial charge in [-0.1, -0.05) is 12.2 Å². The van der Waals surface area contributed by atoms with Crippen molar-refractivity contribution in [1.82, 2.24) is 0 Å². The Morgan fingerprint density at radius 2 is 2.55 bits per heavy atom. The van der Waals surface area contributed by atoms with Crippen LogP contribution in [-0.4, -0.2) is 12.8 Å². The SMILES string of the molecule is NCC1C=CC(C=O)=C(F)C1. The molecule has 0 amide bonds. The highest BCUT2D eigenvalue weighted by Crippen LogP contribution is 2.22. The van der Waals surface area contributed by atoms with Gasteiger partial charge in [0.25, 0.3) is 0 Å². The Kier molecular flexibility index (Phi) is 2.54. The molecule has 0 aromatic rings. The van der Waals surface area contributed by atoms with E-state index in [0.717, 1.165) is 0 Å². The Hall–Kier alpha value is -0.960. The van der Waals surface area contributed by atoms with Gasteiger partial charge < -0.3 is 5.73 Å². The first kappa shape index (κ1) is 8.14. The van der Waals surface area contributed by atoms with E-state index in [1.807, 2.05) is 0 Å². The maximum absolute atomic E-state index is 12.8. The van der Waals surface area contributed by atoms with Crippen LogP contribution in [0.5, 0.6) is 0 Å². The van der Waals surface area contributed by atoms with Crippen LogP contribution in [0.15, 0.2) is 23.6 Å². The molecule has 0 heterocycles. The molecule has 2 N–H and O–H groups in total. The van der Waals surface area contributed by atoms with Gasteiger partial charge in [0, 0.05) is 12.0 Å². The van der Waals surface area contributed by atoms with Gasteiger partial charge in [-0.2, -0.15) is 0 Å². The van der Waals surface area contributed by atoms with E-state index in [-0.39, 0.29) is 23.7 Å². The van der Waals surface area contributed by atoms with Crippen molar-refractivity contribution in [3.05, 3.63) is 23.6 Å². The van der Waals surface area contributed by atoms with E-state index in [1.54, 1.807) is 6.08 Å². The maximum Gasteiger partial charge on any atom is 0.152 e. The third kappa shape index (κ3) is 1.74. The summed E-state index contributed by atoms with van der Waals surface area (Å²) in [6, 6.07) is 0. The average Bonchev–Trinajstić information content (AvgIpc) is 2.04. The van der Waals surface area contributed by atoms with Crippen LogP contribution in [0, 0.1) is 5.92 Å². The summed E-state index contributed by atoms with van der Waals surface area (Å²) in [5.74, 6) is -0.295. The number of carbonyl (C=O) groups excluding carboxylic acids is 1. The molecule has 0 bridgehead atoms. The summed E-state index contributed by atoms with van der Waals surface area (Å²) in [6.45, 7) is 0.427. The molecule has 1 rings (SSSR count). The lowest BCUT2D eigenvalue weighted by atomic mass is 9.96. The molecule has 1 unspecified atom stereocenters. The van der Waals surface area contributed by atoms with E-state index in [2.05, 4.69) is 0 Å². The summed E-state index contributed by atoms with van der Waals surface area (Å²) >= 11 is 0. The van der Waals surface area contributed by atoms with Crippen molar-refractivity contribution in [2.45, 2.75) is 6.42 Å². The first-order valence-electron chi connectivity index (χ1n) is 3.50. The normalized spacial score (nSPS) is 24.0. The molecule has 0 aromatic heterocycles. The van der Waals surface area contributed by atoms with Gasteiger partial charge in [0.05, 0.1) is 0 Å². The van der Waals surface area contributed by atoms with Crippen LogP contribution < -0.4 is 5.73 Å². The molecule has 0 spiro atoms. The summed E-state index contributed by atoms with van der Waals surface area (Å²) in [4.78, 5) is 10.2. The smallest absolute Gasteiger partial charge is 0.152 e. The number of halogens is 1. The fraction of sp³-hybridized carbons (Fsp3) is 0.375. The van der Waals surface area contributed by atoms with Crippen molar-refractivity contribution in [1.29, 1.82) is 0 Å². The molecule has 1 aliphatic carbocycles. The van der Waals surface area contributed by atoms with Gasteiger partial charge in [-0.15, -0.1) is 0 Å². The molecular weight excluding hydrogens is 145 g/mol. The molecule has 2 nitrogen and oxygen atoms in total. The second-order valence-electron chi connectivity index (χ2n) is 2.54. The number of hydrogen-bond donors (Lipinski definition) is 1. The van der Waals surface area contributed by atoms with Crippen molar-refractivity contribution in [2.24, 2.45) is 11.7 Å². The number of aldehydes is 1. The molecule has 60 valence electrons. The third-order valence-corrected chi connectivity index (χ3v) is 1.73. The first-order valence-corrected chi connectivity index (χ1v) is 3.50. The molecule has 3 heteroatoms. The average molecular weight is 155 g/mol. The van der Waals surface area contributed by atoms with E-state index in [9.17, 15) is 9.18 Å². The van der Waals surface area contributed by atoms with Gasteiger partial charge in [0.15, 0.2) is 6.29 Å². The maximum atomic E-state index is 12.8. The van der Waals surface area contributed by atoms with Crippen LogP contribution in [-0.2, 0) is 4.79 Å². The van der Waals surface area contributed by atoms with Gasteiger partial charge in [0.1, 0.15) is 5.83 Å². The molecule has 11 heavy (non-hydrogen) atoms. The van der Waals surface area contributed by atoms with Crippen LogP contribution in [0.1, 0.15) is 6.42 Å². The minimum absolute atomic E-state index is 0.0544. The summed E-state index contributed by atoms with van der Waals surface area (Å²) < 4.78 is 12.8. The van der Waals surface area contributed by atoms with Crippen molar-refractivity contribution >= 4 is 6.29 Å². The first-order chi connectivity index (χ1) is 5.27. The predicted octanol–water partition coefficient (Wildman–Crippen LogP) is 0.944. The lowest BCUT2D eigenvalue weighted by Gasteiger charge is -2.12. The number of carbonyl (C=O) groups is 1. The Balaban J connectivity index is 2.73. The summed E-state index contributed by atoms with van der Waals surface area (Å²) in [7, 11) is 0. The molecule has 0 aliphatic heterocycles. The van der Waals surface area contributed by atoms with Crippen molar-refractivity contribution in [3.63, 3.8) is 0 Å². The standard InChI is InChI=1S/C8H10FNO/c9-8-3-6(4-10)1-2-7(8)5-11/h1-2,5-6H,3-4,10H2. The molecular formula is C8H10FNO. The zero-order valence-electron chi connectivity index (χ0n) is 6.09. The minimum Gasteiger partial charge on any atom is -0.330 e. The fourth-order valence-electron chi connectivity index (χ4n) is 1.01. The molecule has 0 saturated heterocycles. The second kappa shape index (κ2) is 3.44. The predicted molar refractivity (Wildman–Crippen MR) is 40.5 cm³/mol. The highest BCUT2D eigenvalue weighted by Gasteiger charge is 2.14. The van der Waals surface area contributed by atoms with Gasteiger partial charge in [-0.25, -0.2) is 4.39 Å². The van der Waals surface area contributed by atoms with Crippen LogP contribution in [0.3, 0.4) is 0 Å². The van der Waals surface area contributed by atoms with Crippen molar-refractivity contribution < 1.29 is 9.18 Å². The van der Waals surface area contributed by atoms with E-state index in [4.69, 9.17) is 5.73 Å². The van der Waals surface area contributed by atoms with Crippen molar-refractivity contribution in [3.8, 4) is 0 Å². The molecule has 1 atom stereocenters. The zero-order valence-corrected chi connectivity index (χ0v) is 6.09. The number of rotatable bonds is 2. The second-order valence-corrected chi connectivity index (χ2v) is 2.54. The summed E-state index contributed by atoms with van der Waals surface area (Å²) in [5, 5.41) is 0. The highest BCUT2D eigenvalue weighted by atomic mass is 19.1. The lowest BCUT2D eigenvalue weighted by Crippen LogP contribution is -2.14. The monoisotopic (exact) mass is 155 g/mol. The summed E-state index contributed by atoms with van der Waals surface area (Å²) in [6.07, 6.45) is 4.05. The minimum atomic E-state index is -0.349. The quantitative estimate of drug-likeness (QED) is 0.603. The van der Waals surface area contributed by atoms with Gasteiger partial charge in [0.2, 0.25) is 0 Å².